The van der Waals surface area contributed by atoms with E-state index in [0.29, 0.717) is 18.4 Å². The van der Waals surface area contributed by atoms with Crippen LogP contribution in [-0.2, 0) is 16.9 Å². The van der Waals surface area contributed by atoms with Gasteiger partial charge in [0.2, 0.25) is 5.91 Å². The van der Waals surface area contributed by atoms with Gasteiger partial charge in [0.25, 0.3) is 0 Å². The number of halogens is 1. The van der Waals surface area contributed by atoms with E-state index < -0.39 is 5.54 Å². The Morgan fingerprint density at radius 2 is 1.87 bits per heavy atom. The van der Waals surface area contributed by atoms with Gasteiger partial charge in [-0.15, -0.1) is 0 Å². The van der Waals surface area contributed by atoms with Crippen LogP contribution < -0.4 is 14.8 Å². The number of carbonyl (C=O) groups is 1. The molecule has 0 atom stereocenters. The number of ether oxygens (including phenoxy) is 2. The normalized spacial score (nSPS) is 16.3. The monoisotopic (exact) mass is 414 g/mol. The number of amides is 1. The maximum absolute atomic E-state index is 14.5. The first-order chi connectivity index (χ1) is 14.3. The van der Waals surface area contributed by atoms with Gasteiger partial charge in [-0.3, -0.25) is 9.69 Å². The van der Waals surface area contributed by atoms with Crippen molar-refractivity contribution in [3.8, 4) is 11.5 Å². The lowest BCUT2D eigenvalue weighted by atomic mass is 9.80. The first-order valence-electron chi connectivity index (χ1n) is 10.4. The van der Waals surface area contributed by atoms with Crippen molar-refractivity contribution in [2.24, 2.45) is 0 Å². The predicted molar refractivity (Wildman–Crippen MR) is 115 cm³/mol. The standard InChI is InChI=1S/C24H31FN2O3/c1-17(2)30-22-10-9-19(15-23(22)29-4)16-27-13-11-24(12-14-27,26-18(3)28)20-7-5-6-8-21(20)25/h5-10,15,17H,11-14,16H2,1-4H3,(H,26,28). The Morgan fingerprint density at radius 3 is 2.47 bits per heavy atom. The quantitative estimate of drug-likeness (QED) is 0.736. The van der Waals surface area contributed by atoms with Crippen molar-refractivity contribution >= 4 is 5.91 Å². The summed E-state index contributed by atoms with van der Waals surface area (Å²) in [6.07, 6.45) is 1.38. The van der Waals surface area contributed by atoms with Crippen molar-refractivity contribution in [1.82, 2.24) is 10.2 Å². The molecule has 2 aromatic carbocycles. The zero-order valence-electron chi connectivity index (χ0n) is 18.2. The molecule has 0 spiro atoms. The molecule has 1 heterocycles. The number of hydrogen-bond donors (Lipinski definition) is 1. The van der Waals surface area contributed by atoms with Crippen molar-refractivity contribution in [3.63, 3.8) is 0 Å². The van der Waals surface area contributed by atoms with E-state index in [-0.39, 0.29) is 17.8 Å². The summed E-state index contributed by atoms with van der Waals surface area (Å²) in [4.78, 5) is 14.2. The molecule has 162 valence electrons. The molecule has 1 aliphatic rings. The van der Waals surface area contributed by atoms with Crippen LogP contribution in [0.25, 0.3) is 0 Å². The van der Waals surface area contributed by atoms with Gasteiger partial charge in [0.1, 0.15) is 5.82 Å². The van der Waals surface area contributed by atoms with Gasteiger partial charge in [0, 0.05) is 32.1 Å². The van der Waals surface area contributed by atoms with Crippen LogP contribution in [0.4, 0.5) is 4.39 Å². The second kappa shape index (κ2) is 9.47. The molecular weight excluding hydrogens is 383 g/mol. The molecule has 1 aliphatic heterocycles. The average Bonchev–Trinajstić information content (AvgIpc) is 2.70. The molecule has 1 saturated heterocycles. The van der Waals surface area contributed by atoms with E-state index in [1.807, 2.05) is 38.1 Å². The van der Waals surface area contributed by atoms with E-state index in [0.717, 1.165) is 36.7 Å². The van der Waals surface area contributed by atoms with Crippen molar-refractivity contribution in [2.75, 3.05) is 20.2 Å². The summed E-state index contributed by atoms with van der Waals surface area (Å²) in [7, 11) is 1.64. The molecule has 5 nitrogen and oxygen atoms in total. The molecule has 0 aromatic heterocycles. The van der Waals surface area contributed by atoms with Crippen LogP contribution in [0, 0.1) is 5.82 Å². The van der Waals surface area contributed by atoms with E-state index in [4.69, 9.17) is 9.47 Å². The highest BCUT2D eigenvalue weighted by Crippen LogP contribution is 2.36. The third-order valence-corrected chi connectivity index (χ3v) is 5.51. The highest BCUT2D eigenvalue weighted by Gasteiger charge is 2.38. The highest BCUT2D eigenvalue weighted by atomic mass is 19.1. The van der Waals surface area contributed by atoms with Crippen LogP contribution in [-0.4, -0.2) is 37.1 Å². The number of carbonyl (C=O) groups excluding carboxylic acids is 1. The molecule has 30 heavy (non-hydrogen) atoms. The zero-order chi connectivity index (χ0) is 21.7. The van der Waals surface area contributed by atoms with E-state index >= 15 is 0 Å². The van der Waals surface area contributed by atoms with Crippen molar-refractivity contribution < 1.29 is 18.7 Å². The van der Waals surface area contributed by atoms with Gasteiger partial charge in [0.05, 0.1) is 18.8 Å². The molecule has 0 radical (unpaired) electrons. The van der Waals surface area contributed by atoms with Crippen LogP contribution in [0.2, 0.25) is 0 Å². The van der Waals surface area contributed by atoms with Gasteiger partial charge < -0.3 is 14.8 Å². The van der Waals surface area contributed by atoms with Gasteiger partial charge in [-0.2, -0.15) is 0 Å². The third-order valence-electron chi connectivity index (χ3n) is 5.51. The van der Waals surface area contributed by atoms with Crippen molar-refractivity contribution in [2.45, 2.75) is 51.8 Å². The lowest BCUT2D eigenvalue weighted by Gasteiger charge is -2.42. The molecule has 0 unspecified atom stereocenters. The largest absolute Gasteiger partial charge is 0.493 e. The Balaban J connectivity index is 1.72. The van der Waals surface area contributed by atoms with Crippen LogP contribution in [0.15, 0.2) is 42.5 Å². The summed E-state index contributed by atoms with van der Waals surface area (Å²) in [5.41, 5.74) is 1.03. The lowest BCUT2D eigenvalue weighted by molar-refractivity contribution is -0.121. The van der Waals surface area contributed by atoms with E-state index in [2.05, 4.69) is 10.2 Å². The number of nitrogens with zero attached hydrogens (tertiary/aromatic N) is 1. The van der Waals surface area contributed by atoms with Gasteiger partial charge in [-0.25, -0.2) is 4.39 Å². The Kier molecular flexibility index (Phi) is 6.98. The molecule has 0 bridgehead atoms. The molecule has 0 saturated carbocycles. The Morgan fingerprint density at radius 1 is 1.17 bits per heavy atom. The molecule has 1 amide bonds. The Labute approximate surface area is 178 Å². The first kappa shape index (κ1) is 22.1. The fourth-order valence-corrected chi connectivity index (χ4v) is 4.16. The summed E-state index contributed by atoms with van der Waals surface area (Å²) < 4.78 is 25.8. The van der Waals surface area contributed by atoms with Crippen molar-refractivity contribution in [3.05, 3.63) is 59.4 Å². The summed E-state index contributed by atoms with van der Waals surface area (Å²) in [5.74, 6) is 1.04. The molecule has 1 N–H and O–H groups in total. The minimum Gasteiger partial charge on any atom is -0.493 e. The Hall–Kier alpha value is -2.60. The summed E-state index contributed by atoms with van der Waals surface area (Å²) in [6.45, 7) is 7.71. The maximum Gasteiger partial charge on any atom is 0.217 e. The van der Waals surface area contributed by atoms with Gasteiger partial charge in [-0.05, 0) is 50.5 Å². The molecular formula is C24H31FN2O3. The summed E-state index contributed by atoms with van der Waals surface area (Å²) in [6, 6.07) is 12.7. The number of rotatable bonds is 7. The summed E-state index contributed by atoms with van der Waals surface area (Å²) in [5, 5.41) is 3.04. The number of hydrogen-bond acceptors (Lipinski definition) is 4. The zero-order valence-corrected chi connectivity index (χ0v) is 18.2. The maximum atomic E-state index is 14.5. The number of nitrogens with one attached hydrogen (secondary N) is 1. The van der Waals surface area contributed by atoms with Gasteiger partial charge in [-0.1, -0.05) is 24.3 Å². The van der Waals surface area contributed by atoms with E-state index in [1.54, 1.807) is 19.2 Å². The minimum absolute atomic E-state index is 0.0760. The predicted octanol–water partition coefficient (Wildman–Crippen LogP) is 4.25. The molecule has 2 aromatic rings. The molecule has 6 heteroatoms. The molecule has 3 rings (SSSR count). The van der Waals surface area contributed by atoms with Gasteiger partial charge in [0.15, 0.2) is 11.5 Å². The Bertz CT molecular complexity index is 877. The second-order valence-corrected chi connectivity index (χ2v) is 8.17. The highest BCUT2D eigenvalue weighted by molar-refractivity contribution is 5.74. The smallest absolute Gasteiger partial charge is 0.217 e. The number of methoxy groups -OCH3 is 1. The second-order valence-electron chi connectivity index (χ2n) is 8.17. The number of piperidine rings is 1. The van der Waals surface area contributed by atoms with Crippen LogP contribution in [0.3, 0.4) is 0 Å². The van der Waals surface area contributed by atoms with Gasteiger partial charge >= 0.3 is 0 Å². The average molecular weight is 415 g/mol. The summed E-state index contributed by atoms with van der Waals surface area (Å²) >= 11 is 0. The third kappa shape index (κ3) is 5.11. The molecule has 1 fully saturated rings. The fraction of sp³-hybridized carbons (Fsp3) is 0.458. The minimum atomic E-state index is -0.666. The van der Waals surface area contributed by atoms with E-state index in [9.17, 15) is 9.18 Å². The van der Waals surface area contributed by atoms with Crippen LogP contribution in [0.1, 0.15) is 44.7 Å². The fourth-order valence-electron chi connectivity index (χ4n) is 4.16. The van der Waals surface area contributed by atoms with Crippen LogP contribution >= 0.6 is 0 Å². The van der Waals surface area contributed by atoms with Crippen molar-refractivity contribution in [1.29, 1.82) is 0 Å². The number of likely N-dealkylation sites (tertiary alicyclic amines) is 1. The topological polar surface area (TPSA) is 50.8 Å². The van der Waals surface area contributed by atoms with Crippen LogP contribution in [0.5, 0.6) is 11.5 Å². The van der Waals surface area contributed by atoms with E-state index in [1.165, 1.54) is 13.0 Å². The lowest BCUT2D eigenvalue weighted by Crippen LogP contribution is -2.52. The SMILES string of the molecule is COc1cc(CN2CCC(NC(C)=O)(c3ccccc3F)CC2)ccc1OC(C)C. The molecule has 0 aliphatic carbocycles. The number of benzene rings is 2. The first-order valence-corrected chi connectivity index (χ1v) is 10.4.